The summed E-state index contributed by atoms with van der Waals surface area (Å²) in [5.41, 5.74) is 2.16. The van der Waals surface area contributed by atoms with Gasteiger partial charge in [0.2, 0.25) is 0 Å². The first-order valence-corrected chi connectivity index (χ1v) is 5.34. The molecule has 1 aromatic rings. The van der Waals surface area contributed by atoms with E-state index in [9.17, 15) is 5.11 Å². The van der Waals surface area contributed by atoms with Crippen LogP contribution in [0.1, 0.15) is 30.4 Å². The van der Waals surface area contributed by atoms with Crippen molar-refractivity contribution >= 4 is 11.6 Å². The van der Waals surface area contributed by atoms with Gasteiger partial charge in [0.1, 0.15) is 0 Å². The molecular weight excluding hydrogens is 196 g/mol. The molecule has 0 bridgehead atoms. The number of rotatable bonds is 3. The molecule has 0 saturated carbocycles. The average Bonchev–Trinajstić information content (AvgIpc) is 2.15. The second-order valence-electron chi connectivity index (χ2n) is 4.05. The zero-order valence-corrected chi connectivity index (χ0v) is 9.62. The summed E-state index contributed by atoms with van der Waals surface area (Å²) in [6.07, 6.45) is -0.488. The summed E-state index contributed by atoms with van der Waals surface area (Å²) >= 11 is 6.17. The maximum Gasteiger partial charge on any atom is 0.0847 e. The summed E-state index contributed by atoms with van der Waals surface area (Å²) in [4.78, 5) is 0. The molecule has 0 radical (unpaired) electrons. The van der Waals surface area contributed by atoms with Crippen LogP contribution in [0.5, 0.6) is 0 Å². The second-order valence-corrected chi connectivity index (χ2v) is 4.52. The molecule has 1 aromatic carbocycles. The summed E-state index contributed by atoms with van der Waals surface area (Å²) in [6, 6.07) is 7.96. The van der Waals surface area contributed by atoms with Gasteiger partial charge < -0.3 is 5.11 Å². The van der Waals surface area contributed by atoms with Crippen LogP contribution >= 0.6 is 11.6 Å². The van der Waals surface area contributed by atoms with E-state index in [0.717, 1.165) is 5.56 Å². The van der Waals surface area contributed by atoms with Crippen LogP contribution in [0.4, 0.5) is 0 Å². The van der Waals surface area contributed by atoms with E-state index in [1.54, 1.807) is 0 Å². The van der Waals surface area contributed by atoms with Gasteiger partial charge in [0, 0.05) is 0 Å². The largest absolute Gasteiger partial charge is 0.391 e. The van der Waals surface area contributed by atoms with Crippen molar-refractivity contribution in [3.05, 3.63) is 35.4 Å². The molecule has 1 rings (SSSR count). The van der Waals surface area contributed by atoms with Crippen molar-refractivity contribution in [1.29, 1.82) is 0 Å². The Morgan fingerprint density at radius 1 is 1.29 bits per heavy atom. The topological polar surface area (TPSA) is 20.2 Å². The Bertz CT molecular complexity index is 296. The van der Waals surface area contributed by atoms with Crippen molar-refractivity contribution in [2.24, 2.45) is 5.92 Å². The zero-order chi connectivity index (χ0) is 10.7. The monoisotopic (exact) mass is 212 g/mol. The lowest BCUT2D eigenvalue weighted by molar-refractivity contribution is 0.120. The van der Waals surface area contributed by atoms with Gasteiger partial charge in [-0.25, -0.2) is 0 Å². The predicted octanol–water partition coefficient (Wildman–Crippen LogP) is 3.29. The summed E-state index contributed by atoms with van der Waals surface area (Å²) in [5.74, 6) is 0.179. The van der Waals surface area contributed by atoms with Crippen molar-refractivity contribution in [3.8, 4) is 0 Å². The van der Waals surface area contributed by atoms with Crippen molar-refractivity contribution in [2.75, 3.05) is 0 Å². The van der Waals surface area contributed by atoms with Crippen LogP contribution in [0, 0.1) is 12.8 Å². The quantitative estimate of drug-likeness (QED) is 0.763. The minimum Gasteiger partial charge on any atom is -0.391 e. The summed E-state index contributed by atoms with van der Waals surface area (Å²) in [5, 5.41) is 9.50. The van der Waals surface area contributed by atoms with E-state index >= 15 is 0 Å². The molecule has 0 fully saturated rings. The van der Waals surface area contributed by atoms with Crippen molar-refractivity contribution in [2.45, 2.75) is 32.3 Å². The molecule has 0 aliphatic carbocycles. The van der Waals surface area contributed by atoms with Gasteiger partial charge in [-0.05, 0) is 18.4 Å². The lowest BCUT2D eigenvalue weighted by Crippen LogP contribution is -2.20. The molecule has 2 heteroatoms. The van der Waals surface area contributed by atoms with Crippen molar-refractivity contribution in [3.63, 3.8) is 0 Å². The highest BCUT2D eigenvalue weighted by Gasteiger charge is 2.21. The van der Waals surface area contributed by atoms with Gasteiger partial charge in [-0.15, -0.1) is 11.6 Å². The molecule has 0 spiro atoms. The van der Waals surface area contributed by atoms with E-state index < -0.39 is 6.10 Å². The number of hydrogen-bond acceptors (Lipinski definition) is 1. The minimum atomic E-state index is -0.488. The maximum atomic E-state index is 9.81. The summed E-state index contributed by atoms with van der Waals surface area (Å²) < 4.78 is 0. The van der Waals surface area contributed by atoms with E-state index in [-0.39, 0.29) is 11.3 Å². The number of halogens is 1. The molecule has 2 atom stereocenters. The molecule has 0 saturated heterocycles. The van der Waals surface area contributed by atoms with Crippen LogP contribution in [0.25, 0.3) is 0 Å². The third-order valence-electron chi connectivity index (χ3n) is 2.34. The smallest absolute Gasteiger partial charge is 0.0847 e. The lowest BCUT2D eigenvalue weighted by atomic mass is 9.98. The maximum absolute atomic E-state index is 9.81. The number of alkyl halides is 1. The van der Waals surface area contributed by atoms with Crippen LogP contribution in [-0.4, -0.2) is 11.2 Å². The summed E-state index contributed by atoms with van der Waals surface area (Å²) in [6.45, 7) is 5.96. The average molecular weight is 213 g/mol. The first kappa shape index (κ1) is 11.5. The Labute approximate surface area is 90.7 Å². The number of aliphatic hydroxyl groups is 1. The van der Waals surface area contributed by atoms with Crippen LogP contribution < -0.4 is 0 Å². The fourth-order valence-corrected chi connectivity index (χ4v) is 1.80. The fourth-order valence-electron chi connectivity index (χ4n) is 1.38. The number of benzene rings is 1. The Balaban J connectivity index is 2.83. The summed E-state index contributed by atoms with van der Waals surface area (Å²) in [7, 11) is 0. The van der Waals surface area contributed by atoms with E-state index in [2.05, 4.69) is 0 Å². The first-order valence-electron chi connectivity index (χ1n) is 4.91. The molecule has 0 aliphatic rings. The highest BCUT2D eigenvalue weighted by molar-refractivity contribution is 6.21. The van der Waals surface area contributed by atoms with Crippen molar-refractivity contribution in [1.82, 2.24) is 0 Å². The molecule has 0 aliphatic heterocycles. The lowest BCUT2D eigenvalue weighted by Gasteiger charge is -2.20. The number of aliphatic hydroxyl groups excluding tert-OH is 1. The molecule has 0 heterocycles. The van der Waals surface area contributed by atoms with E-state index in [0.29, 0.717) is 0 Å². The van der Waals surface area contributed by atoms with Gasteiger partial charge in [-0.1, -0.05) is 43.7 Å². The van der Waals surface area contributed by atoms with Gasteiger partial charge in [0.15, 0.2) is 0 Å². The molecule has 1 N–H and O–H groups in total. The Hall–Kier alpha value is -0.530. The second kappa shape index (κ2) is 4.81. The number of aryl methyl sites for hydroxylation is 1. The van der Waals surface area contributed by atoms with Gasteiger partial charge in [0.05, 0.1) is 11.5 Å². The zero-order valence-electron chi connectivity index (χ0n) is 8.87. The molecule has 78 valence electrons. The van der Waals surface area contributed by atoms with Crippen LogP contribution in [-0.2, 0) is 0 Å². The Kier molecular flexibility index (Phi) is 3.97. The third-order valence-corrected chi connectivity index (χ3v) is 2.85. The Morgan fingerprint density at radius 3 is 2.43 bits per heavy atom. The van der Waals surface area contributed by atoms with E-state index in [4.69, 9.17) is 11.6 Å². The normalized spacial score (nSPS) is 15.6. The molecule has 1 nitrogen and oxygen atoms in total. The van der Waals surface area contributed by atoms with E-state index in [1.807, 2.05) is 45.0 Å². The van der Waals surface area contributed by atoms with Gasteiger partial charge in [0.25, 0.3) is 0 Å². The molecule has 0 aromatic heterocycles. The van der Waals surface area contributed by atoms with Gasteiger partial charge >= 0.3 is 0 Å². The van der Waals surface area contributed by atoms with Gasteiger partial charge in [-0.2, -0.15) is 0 Å². The number of hydrogen-bond donors (Lipinski definition) is 1. The molecule has 0 amide bonds. The SMILES string of the molecule is Cc1cccc([C@H](Cl)[C@H](O)C(C)C)c1. The van der Waals surface area contributed by atoms with Crippen LogP contribution in [0.2, 0.25) is 0 Å². The van der Waals surface area contributed by atoms with Crippen LogP contribution in [0.15, 0.2) is 24.3 Å². The minimum absolute atomic E-state index is 0.179. The predicted molar refractivity (Wildman–Crippen MR) is 60.6 cm³/mol. The molecule has 0 unspecified atom stereocenters. The highest BCUT2D eigenvalue weighted by Crippen LogP contribution is 2.28. The standard InChI is InChI=1S/C12H17ClO/c1-8(2)12(14)11(13)10-6-4-5-9(3)7-10/h4-8,11-12,14H,1-3H3/t11-,12+/m0/s1. The molecular formula is C12H17ClO. The fraction of sp³-hybridized carbons (Fsp3) is 0.500. The Morgan fingerprint density at radius 2 is 1.93 bits per heavy atom. The van der Waals surface area contributed by atoms with E-state index in [1.165, 1.54) is 5.56 Å². The third kappa shape index (κ3) is 2.73. The molecule has 14 heavy (non-hydrogen) atoms. The first-order chi connectivity index (χ1) is 6.52. The van der Waals surface area contributed by atoms with Crippen LogP contribution in [0.3, 0.4) is 0 Å². The van der Waals surface area contributed by atoms with Gasteiger partial charge in [-0.3, -0.25) is 0 Å². The highest BCUT2D eigenvalue weighted by atomic mass is 35.5. The van der Waals surface area contributed by atoms with Crippen molar-refractivity contribution < 1.29 is 5.11 Å².